The average molecular weight is 471 g/mol. The number of carboxylic acid groups (broad SMARTS) is 1. The molecule has 184 valence electrons. The van der Waals surface area contributed by atoms with E-state index < -0.39 is 51.0 Å². The normalized spacial score (nSPS) is 40.1. The number of ketones is 5. The highest BCUT2D eigenvalue weighted by atomic mass is 16.4. The second-order valence-corrected chi connectivity index (χ2v) is 12.1. The third kappa shape index (κ3) is 2.75. The SMILES string of the molecule is CC(CCC(=O)O)C1CC(=O)C2(C)C3=C(C(=O)C(=O)C12C)C1(C)CCC(=O)C(C)(C)C1CC3=O. The topological polar surface area (TPSA) is 123 Å². The van der Waals surface area contributed by atoms with Gasteiger partial charge in [0.05, 0.1) is 10.8 Å². The third-order valence-corrected chi connectivity index (χ3v) is 10.4. The Kier molecular flexibility index (Phi) is 5.28. The van der Waals surface area contributed by atoms with Gasteiger partial charge in [-0.25, -0.2) is 0 Å². The van der Waals surface area contributed by atoms with E-state index in [1.807, 2.05) is 13.8 Å². The molecule has 0 spiro atoms. The summed E-state index contributed by atoms with van der Waals surface area (Å²) in [5, 5.41) is 9.12. The van der Waals surface area contributed by atoms with Crippen LogP contribution in [0.2, 0.25) is 0 Å². The van der Waals surface area contributed by atoms with E-state index >= 15 is 0 Å². The van der Waals surface area contributed by atoms with Crippen LogP contribution in [0.25, 0.3) is 0 Å². The lowest BCUT2D eigenvalue weighted by atomic mass is 9.42. The number of fused-ring (bicyclic) bond motifs is 4. The molecule has 0 bridgehead atoms. The van der Waals surface area contributed by atoms with E-state index in [-0.39, 0.29) is 66.5 Å². The maximum Gasteiger partial charge on any atom is 0.303 e. The number of rotatable bonds is 4. The molecule has 4 aliphatic carbocycles. The minimum absolute atomic E-state index is 0.0288. The van der Waals surface area contributed by atoms with Crippen LogP contribution < -0.4 is 0 Å². The van der Waals surface area contributed by atoms with Crippen molar-refractivity contribution in [1.82, 2.24) is 0 Å². The van der Waals surface area contributed by atoms with Crippen molar-refractivity contribution in [2.45, 2.75) is 80.1 Å². The number of hydrogen-bond donors (Lipinski definition) is 1. The van der Waals surface area contributed by atoms with Crippen LogP contribution in [0, 0.1) is 39.4 Å². The lowest BCUT2D eigenvalue weighted by Crippen LogP contribution is -2.62. The Hall–Kier alpha value is -2.44. The average Bonchev–Trinajstić information content (AvgIpc) is 2.97. The standard InChI is InChI=1S/C27H34O7/c1-13(7-8-19(31)32)14-11-18(30)27(6)20-15(28)12-16-24(2,3)17(29)9-10-25(16,4)21(20)22(33)23(34)26(14,27)5/h13-14,16H,7-12H2,1-6H3,(H,31,32). The summed E-state index contributed by atoms with van der Waals surface area (Å²) in [7, 11) is 0. The van der Waals surface area contributed by atoms with Gasteiger partial charge in [-0.05, 0) is 37.5 Å². The molecule has 2 saturated carbocycles. The Morgan fingerprint density at radius 3 is 2.18 bits per heavy atom. The Bertz CT molecular complexity index is 1090. The maximum atomic E-state index is 13.9. The molecule has 6 unspecified atom stereocenters. The van der Waals surface area contributed by atoms with Crippen molar-refractivity contribution in [3.63, 3.8) is 0 Å². The van der Waals surface area contributed by atoms with Gasteiger partial charge in [0.1, 0.15) is 11.6 Å². The number of Topliss-reactive ketones (excluding diaryl/α,β-unsaturated/α-hetero) is 5. The Balaban J connectivity index is 1.92. The molecule has 34 heavy (non-hydrogen) atoms. The quantitative estimate of drug-likeness (QED) is 0.624. The van der Waals surface area contributed by atoms with E-state index in [9.17, 15) is 28.8 Å². The van der Waals surface area contributed by atoms with Gasteiger partial charge < -0.3 is 5.11 Å². The second kappa shape index (κ2) is 7.28. The zero-order valence-corrected chi connectivity index (χ0v) is 20.9. The van der Waals surface area contributed by atoms with Crippen LogP contribution in [0.1, 0.15) is 80.1 Å². The van der Waals surface area contributed by atoms with Crippen LogP contribution in [0.4, 0.5) is 0 Å². The molecule has 7 heteroatoms. The summed E-state index contributed by atoms with van der Waals surface area (Å²) in [5.74, 6) is -4.07. The van der Waals surface area contributed by atoms with Crippen LogP contribution in [0.5, 0.6) is 0 Å². The summed E-state index contributed by atoms with van der Waals surface area (Å²) < 4.78 is 0. The van der Waals surface area contributed by atoms with E-state index in [1.54, 1.807) is 27.7 Å². The van der Waals surface area contributed by atoms with Crippen molar-refractivity contribution in [2.75, 3.05) is 0 Å². The van der Waals surface area contributed by atoms with Crippen molar-refractivity contribution < 1.29 is 33.9 Å². The Labute approximate surface area is 199 Å². The fourth-order valence-corrected chi connectivity index (χ4v) is 7.99. The largest absolute Gasteiger partial charge is 0.481 e. The summed E-state index contributed by atoms with van der Waals surface area (Å²) in [6.45, 7) is 10.6. The molecule has 4 aliphatic rings. The van der Waals surface area contributed by atoms with Gasteiger partial charge in [0, 0.05) is 47.7 Å². The monoisotopic (exact) mass is 470 g/mol. The van der Waals surface area contributed by atoms with Gasteiger partial charge in [0.15, 0.2) is 5.78 Å². The Morgan fingerprint density at radius 2 is 1.59 bits per heavy atom. The fourth-order valence-electron chi connectivity index (χ4n) is 7.99. The molecular formula is C27H34O7. The number of aliphatic carboxylic acids is 1. The summed E-state index contributed by atoms with van der Waals surface area (Å²) >= 11 is 0. The molecule has 0 heterocycles. The van der Waals surface area contributed by atoms with Crippen LogP contribution in [-0.2, 0) is 28.8 Å². The summed E-state index contributed by atoms with van der Waals surface area (Å²) in [4.78, 5) is 79.0. The number of carboxylic acids is 1. The zero-order valence-electron chi connectivity index (χ0n) is 20.9. The van der Waals surface area contributed by atoms with Crippen LogP contribution in [0.15, 0.2) is 11.1 Å². The molecule has 0 aliphatic heterocycles. The smallest absolute Gasteiger partial charge is 0.303 e. The molecule has 4 rings (SSSR count). The van der Waals surface area contributed by atoms with Crippen molar-refractivity contribution in [2.24, 2.45) is 39.4 Å². The van der Waals surface area contributed by atoms with Crippen molar-refractivity contribution >= 4 is 34.9 Å². The predicted molar refractivity (Wildman–Crippen MR) is 122 cm³/mol. The molecule has 0 aromatic carbocycles. The molecule has 1 N–H and O–H groups in total. The fraction of sp³-hybridized carbons (Fsp3) is 0.704. The van der Waals surface area contributed by atoms with E-state index in [0.29, 0.717) is 6.42 Å². The van der Waals surface area contributed by atoms with Gasteiger partial charge in [-0.15, -0.1) is 0 Å². The van der Waals surface area contributed by atoms with Crippen molar-refractivity contribution in [3.8, 4) is 0 Å². The highest BCUT2D eigenvalue weighted by molar-refractivity contribution is 6.49. The van der Waals surface area contributed by atoms with E-state index in [2.05, 4.69) is 0 Å². The predicted octanol–water partition coefficient (Wildman–Crippen LogP) is 3.52. The van der Waals surface area contributed by atoms with Gasteiger partial charge >= 0.3 is 5.97 Å². The minimum Gasteiger partial charge on any atom is -0.481 e. The summed E-state index contributed by atoms with van der Waals surface area (Å²) in [6, 6.07) is 0. The highest BCUT2D eigenvalue weighted by Crippen LogP contribution is 2.68. The van der Waals surface area contributed by atoms with Gasteiger partial charge in [0.25, 0.3) is 0 Å². The van der Waals surface area contributed by atoms with E-state index in [4.69, 9.17) is 5.11 Å². The van der Waals surface area contributed by atoms with Gasteiger partial charge in [-0.2, -0.15) is 0 Å². The number of carbonyl (C=O) groups excluding carboxylic acids is 5. The third-order valence-electron chi connectivity index (χ3n) is 10.4. The number of carbonyl (C=O) groups is 6. The van der Waals surface area contributed by atoms with Crippen molar-refractivity contribution in [3.05, 3.63) is 11.1 Å². The zero-order chi connectivity index (χ0) is 25.6. The molecule has 0 amide bonds. The molecular weight excluding hydrogens is 436 g/mol. The molecule has 7 nitrogen and oxygen atoms in total. The van der Waals surface area contributed by atoms with Gasteiger partial charge in [-0.3, -0.25) is 28.8 Å². The molecule has 0 aromatic rings. The van der Waals surface area contributed by atoms with Crippen molar-refractivity contribution in [1.29, 1.82) is 0 Å². The first-order chi connectivity index (χ1) is 15.6. The lowest BCUT2D eigenvalue weighted by Gasteiger charge is -2.57. The summed E-state index contributed by atoms with van der Waals surface area (Å²) in [6.07, 6.45) is 0.884. The molecule has 0 radical (unpaired) electrons. The first-order valence-electron chi connectivity index (χ1n) is 12.2. The summed E-state index contributed by atoms with van der Waals surface area (Å²) in [5.41, 5.74) is -4.17. The van der Waals surface area contributed by atoms with E-state index in [1.165, 1.54) is 0 Å². The van der Waals surface area contributed by atoms with Crippen LogP contribution in [-0.4, -0.2) is 40.0 Å². The first kappa shape index (κ1) is 24.7. The van der Waals surface area contributed by atoms with Gasteiger partial charge in [0.2, 0.25) is 11.6 Å². The lowest BCUT2D eigenvalue weighted by molar-refractivity contribution is -0.155. The molecule has 0 aromatic heterocycles. The number of hydrogen-bond acceptors (Lipinski definition) is 6. The second-order valence-electron chi connectivity index (χ2n) is 12.1. The first-order valence-corrected chi connectivity index (χ1v) is 12.2. The Morgan fingerprint density at radius 1 is 0.971 bits per heavy atom. The highest BCUT2D eigenvalue weighted by Gasteiger charge is 2.73. The molecule has 2 fully saturated rings. The number of allylic oxidation sites excluding steroid dienone is 2. The van der Waals surface area contributed by atoms with Crippen LogP contribution in [0.3, 0.4) is 0 Å². The minimum atomic E-state index is -1.44. The molecule has 6 atom stereocenters. The maximum absolute atomic E-state index is 13.9. The molecule has 0 saturated heterocycles. The van der Waals surface area contributed by atoms with E-state index in [0.717, 1.165) is 0 Å². The van der Waals surface area contributed by atoms with Gasteiger partial charge in [-0.1, -0.05) is 34.6 Å². The van der Waals surface area contributed by atoms with Crippen LogP contribution >= 0.6 is 0 Å².